The number of nitrogen functional groups attached to an aromatic ring is 1. The van der Waals surface area contributed by atoms with Crippen LogP contribution in [0.25, 0.3) is 11.0 Å². The van der Waals surface area contributed by atoms with Crippen LogP contribution in [0.15, 0.2) is 18.2 Å². The molecular formula is C16H24N4O. The summed E-state index contributed by atoms with van der Waals surface area (Å²) in [5.41, 5.74) is 8.04. The maximum absolute atomic E-state index is 6.10. The van der Waals surface area contributed by atoms with Gasteiger partial charge in [-0.15, -0.1) is 0 Å². The second-order valence-electron chi connectivity index (χ2n) is 5.58. The molecule has 0 radical (unpaired) electrons. The first-order chi connectivity index (χ1) is 10.3. The van der Waals surface area contributed by atoms with Gasteiger partial charge >= 0.3 is 0 Å². The number of fused-ring (bicyclic) bond motifs is 1. The Morgan fingerprint density at radius 2 is 2.05 bits per heavy atom. The molecule has 2 N–H and O–H groups in total. The number of likely N-dealkylation sites (tertiary alicyclic amines) is 1. The smallest absolute Gasteiger partial charge is 0.201 e. The van der Waals surface area contributed by atoms with Crippen LogP contribution in [0.1, 0.15) is 26.2 Å². The summed E-state index contributed by atoms with van der Waals surface area (Å²) >= 11 is 0. The Balaban J connectivity index is 1.74. The van der Waals surface area contributed by atoms with Gasteiger partial charge in [-0.05, 0) is 58.0 Å². The molecule has 1 aliphatic rings. The molecule has 1 aromatic carbocycles. The van der Waals surface area contributed by atoms with Crippen LogP contribution in [0.4, 0.5) is 5.95 Å². The number of ether oxygens (including phenoxy) is 1. The SMILES string of the molecule is CCOc1cccc2c1nc(N)n2CCCN1CCCC1. The summed E-state index contributed by atoms with van der Waals surface area (Å²) in [6, 6.07) is 6.02. The van der Waals surface area contributed by atoms with Gasteiger partial charge in [-0.25, -0.2) is 4.98 Å². The van der Waals surface area contributed by atoms with Crippen LogP contribution >= 0.6 is 0 Å². The number of aryl methyl sites for hydroxylation is 1. The van der Waals surface area contributed by atoms with Gasteiger partial charge in [-0.3, -0.25) is 0 Å². The lowest BCUT2D eigenvalue weighted by Gasteiger charge is -2.15. The van der Waals surface area contributed by atoms with Crippen molar-refractivity contribution >= 4 is 17.0 Å². The number of benzene rings is 1. The first kappa shape index (κ1) is 14.2. The Hall–Kier alpha value is -1.75. The van der Waals surface area contributed by atoms with Crippen LogP contribution in [0, 0.1) is 0 Å². The van der Waals surface area contributed by atoms with Crippen molar-refractivity contribution in [1.82, 2.24) is 14.5 Å². The van der Waals surface area contributed by atoms with Crippen LogP contribution in [0.2, 0.25) is 0 Å². The largest absolute Gasteiger partial charge is 0.492 e. The molecule has 0 spiro atoms. The summed E-state index contributed by atoms with van der Waals surface area (Å²) < 4.78 is 7.74. The van der Waals surface area contributed by atoms with Crippen molar-refractivity contribution in [3.63, 3.8) is 0 Å². The quantitative estimate of drug-likeness (QED) is 0.887. The van der Waals surface area contributed by atoms with Crippen molar-refractivity contribution in [1.29, 1.82) is 0 Å². The van der Waals surface area contributed by atoms with Crippen molar-refractivity contribution in [2.24, 2.45) is 0 Å². The van der Waals surface area contributed by atoms with Gasteiger partial charge in [0.1, 0.15) is 11.3 Å². The van der Waals surface area contributed by atoms with E-state index in [-0.39, 0.29) is 0 Å². The molecule has 2 aromatic rings. The summed E-state index contributed by atoms with van der Waals surface area (Å²) in [6.07, 6.45) is 3.79. The minimum Gasteiger partial charge on any atom is -0.492 e. The fourth-order valence-corrected chi connectivity index (χ4v) is 3.10. The molecular weight excluding hydrogens is 264 g/mol. The molecule has 5 nitrogen and oxygen atoms in total. The number of rotatable bonds is 6. The molecule has 0 bridgehead atoms. The molecule has 1 aromatic heterocycles. The summed E-state index contributed by atoms with van der Waals surface area (Å²) in [5, 5.41) is 0. The van der Waals surface area contributed by atoms with Gasteiger partial charge in [-0.1, -0.05) is 6.07 Å². The maximum atomic E-state index is 6.10. The van der Waals surface area contributed by atoms with Gasteiger partial charge < -0.3 is 19.9 Å². The minimum atomic E-state index is 0.582. The Bertz CT molecular complexity index is 602. The third-order valence-corrected chi connectivity index (χ3v) is 4.13. The number of hydrogen-bond donors (Lipinski definition) is 1. The molecule has 3 rings (SSSR count). The zero-order valence-electron chi connectivity index (χ0n) is 12.7. The van der Waals surface area contributed by atoms with E-state index in [0.717, 1.165) is 36.3 Å². The predicted octanol–water partition coefficient (Wildman–Crippen LogP) is 2.50. The van der Waals surface area contributed by atoms with Gasteiger partial charge in [0.25, 0.3) is 0 Å². The Kier molecular flexibility index (Phi) is 4.29. The van der Waals surface area contributed by atoms with E-state index in [0.29, 0.717) is 12.6 Å². The number of nitrogens with zero attached hydrogens (tertiary/aromatic N) is 3. The highest BCUT2D eigenvalue weighted by Gasteiger charge is 2.14. The fraction of sp³-hybridized carbons (Fsp3) is 0.562. The fourth-order valence-electron chi connectivity index (χ4n) is 3.10. The topological polar surface area (TPSA) is 56.3 Å². The van der Waals surface area contributed by atoms with Gasteiger partial charge in [0.05, 0.1) is 12.1 Å². The van der Waals surface area contributed by atoms with Crippen molar-refractivity contribution in [2.75, 3.05) is 32.0 Å². The standard InChI is InChI=1S/C16H24N4O/c1-2-21-14-8-5-7-13-15(14)18-16(17)20(13)12-6-11-19-9-3-4-10-19/h5,7-8H,2-4,6,9-12H2,1H3,(H2,17,18). The highest BCUT2D eigenvalue weighted by Crippen LogP contribution is 2.27. The molecule has 0 unspecified atom stereocenters. The lowest BCUT2D eigenvalue weighted by atomic mass is 10.3. The molecule has 5 heteroatoms. The Morgan fingerprint density at radius 1 is 1.24 bits per heavy atom. The van der Waals surface area contributed by atoms with Gasteiger partial charge in [0.15, 0.2) is 0 Å². The Morgan fingerprint density at radius 3 is 2.81 bits per heavy atom. The number of anilines is 1. The van der Waals surface area contributed by atoms with Gasteiger partial charge in [0.2, 0.25) is 5.95 Å². The minimum absolute atomic E-state index is 0.582. The average molecular weight is 288 g/mol. The van der Waals surface area contributed by atoms with E-state index in [2.05, 4.69) is 20.5 Å². The molecule has 21 heavy (non-hydrogen) atoms. The summed E-state index contributed by atoms with van der Waals surface area (Å²) in [5.74, 6) is 1.40. The van der Waals surface area contributed by atoms with E-state index in [1.165, 1.54) is 25.9 Å². The van der Waals surface area contributed by atoms with E-state index in [4.69, 9.17) is 10.5 Å². The normalized spacial score (nSPS) is 15.9. The first-order valence-electron chi connectivity index (χ1n) is 7.89. The summed E-state index contributed by atoms with van der Waals surface area (Å²) in [7, 11) is 0. The third kappa shape index (κ3) is 2.97. The number of hydrogen-bond acceptors (Lipinski definition) is 4. The van der Waals surface area contributed by atoms with E-state index in [1.807, 2.05) is 19.1 Å². The van der Waals surface area contributed by atoms with Crippen molar-refractivity contribution < 1.29 is 4.74 Å². The summed E-state index contributed by atoms with van der Waals surface area (Å²) in [6.45, 7) is 7.16. The molecule has 0 saturated carbocycles. The van der Waals surface area contributed by atoms with Gasteiger partial charge in [-0.2, -0.15) is 0 Å². The molecule has 0 aliphatic carbocycles. The molecule has 1 saturated heterocycles. The zero-order valence-corrected chi connectivity index (χ0v) is 12.7. The Labute approximate surface area is 125 Å². The monoisotopic (exact) mass is 288 g/mol. The van der Waals surface area contributed by atoms with Crippen molar-refractivity contribution in [3.8, 4) is 5.75 Å². The third-order valence-electron chi connectivity index (χ3n) is 4.13. The van der Waals surface area contributed by atoms with E-state index in [9.17, 15) is 0 Å². The van der Waals surface area contributed by atoms with Crippen molar-refractivity contribution in [2.45, 2.75) is 32.7 Å². The lowest BCUT2D eigenvalue weighted by molar-refractivity contribution is 0.326. The van der Waals surface area contributed by atoms with E-state index in [1.54, 1.807) is 0 Å². The zero-order chi connectivity index (χ0) is 14.7. The van der Waals surface area contributed by atoms with Gasteiger partial charge in [0, 0.05) is 6.54 Å². The molecule has 114 valence electrons. The molecule has 1 fully saturated rings. The lowest BCUT2D eigenvalue weighted by Crippen LogP contribution is -2.21. The van der Waals surface area contributed by atoms with Crippen LogP contribution in [0.5, 0.6) is 5.75 Å². The van der Waals surface area contributed by atoms with Crippen LogP contribution in [0.3, 0.4) is 0 Å². The highest BCUT2D eigenvalue weighted by atomic mass is 16.5. The molecule has 2 heterocycles. The summed E-state index contributed by atoms with van der Waals surface area (Å²) in [4.78, 5) is 7.01. The predicted molar refractivity (Wildman–Crippen MR) is 85.6 cm³/mol. The average Bonchev–Trinajstić information content (AvgIpc) is 3.09. The first-order valence-corrected chi connectivity index (χ1v) is 7.89. The number of aromatic nitrogens is 2. The molecule has 0 amide bonds. The van der Waals surface area contributed by atoms with Crippen LogP contribution < -0.4 is 10.5 Å². The van der Waals surface area contributed by atoms with E-state index < -0.39 is 0 Å². The van der Waals surface area contributed by atoms with Crippen molar-refractivity contribution in [3.05, 3.63) is 18.2 Å². The van der Waals surface area contributed by atoms with Crippen LogP contribution in [-0.2, 0) is 6.54 Å². The van der Waals surface area contributed by atoms with Crippen LogP contribution in [-0.4, -0.2) is 40.7 Å². The second kappa shape index (κ2) is 6.35. The number of para-hydroxylation sites is 1. The highest BCUT2D eigenvalue weighted by molar-refractivity contribution is 5.84. The second-order valence-corrected chi connectivity index (χ2v) is 5.58. The molecule has 0 atom stereocenters. The van der Waals surface area contributed by atoms with E-state index >= 15 is 0 Å². The molecule has 1 aliphatic heterocycles. The number of imidazole rings is 1. The number of nitrogens with two attached hydrogens (primary N) is 1. The maximum Gasteiger partial charge on any atom is 0.201 e.